The molecular weight excluding hydrogens is 344 g/mol. The Kier molecular flexibility index (Phi) is 5.59. The van der Waals surface area contributed by atoms with Crippen LogP contribution in [0.3, 0.4) is 0 Å². The first kappa shape index (κ1) is 17.0. The van der Waals surface area contributed by atoms with Crippen molar-refractivity contribution in [3.8, 4) is 0 Å². The fourth-order valence-corrected chi connectivity index (χ4v) is 3.83. The third-order valence-corrected chi connectivity index (χ3v) is 4.95. The van der Waals surface area contributed by atoms with Gasteiger partial charge in [-0.15, -0.1) is 0 Å². The van der Waals surface area contributed by atoms with Crippen LogP contribution in [-0.4, -0.2) is 48.0 Å². The van der Waals surface area contributed by atoms with Crippen LogP contribution in [0.5, 0.6) is 0 Å². The molecular formula is C12H14N4O3S3. The van der Waals surface area contributed by atoms with Gasteiger partial charge in [0, 0.05) is 24.5 Å². The molecule has 1 aromatic heterocycles. The molecule has 7 nitrogen and oxygen atoms in total. The second-order valence-electron chi connectivity index (χ2n) is 4.71. The number of nitrogens with zero attached hydrogens (tertiary/aromatic N) is 3. The van der Waals surface area contributed by atoms with E-state index in [0.717, 1.165) is 11.5 Å². The molecule has 2 amide bonds. The lowest BCUT2D eigenvalue weighted by molar-refractivity contribution is -0.126. The summed E-state index contributed by atoms with van der Waals surface area (Å²) in [6, 6.07) is 0. The van der Waals surface area contributed by atoms with Crippen molar-refractivity contribution < 1.29 is 14.4 Å². The first-order valence-corrected chi connectivity index (χ1v) is 8.57. The normalized spacial score (nSPS) is 17.9. The topological polar surface area (TPSA) is 92.3 Å². The Morgan fingerprint density at radius 2 is 2.18 bits per heavy atom. The number of ketones is 1. The number of hydrogen-bond donors (Lipinski definition) is 1. The summed E-state index contributed by atoms with van der Waals surface area (Å²) in [5.41, 5.74) is 0. The van der Waals surface area contributed by atoms with Gasteiger partial charge < -0.3 is 5.32 Å². The lowest BCUT2D eigenvalue weighted by Crippen LogP contribution is -2.33. The third kappa shape index (κ3) is 4.31. The van der Waals surface area contributed by atoms with Crippen LogP contribution >= 0.6 is 35.5 Å². The fraction of sp³-hybridized carbons (Fsp3) is 0.500. The summed E-state index contributed by atoms with van der Waals surface area (Å²) >= 11 is 7.45. The van der Waals surface area contributed by atoms with Gasteiger partial charge in [0.25, 0.3) is 0 Å². The molecule has 0 aliphatic carbocycles. The smallest absolute Gasteiger partial charge is 0.241 e. The van der Waals surface area contributed by atoms with Gasteiger partial charge in [0.2, 0.25) is 16.9 Å². The molecule has 0 bridgehead atoms. The van der Waals surface area contributed by atoms with Gasteiger partial charge in [0.1, 0.15) is 10.1 Å². The molecule has 0 radical (unpaired) electrons. The number of amides is 2. The summed E-state index contributed by atoms with van der Waals surface area (Å²) < 4.78 is 4.49. The first-order chi connectivity index (χ1) is 10.4. The second kappa shape index (κ2) is 7.25. The van der Waals surface area contributed by atoms with E-state index in [9.17, 15) is 14.4 Å². The van der Waals surface area contributed by atoms with Crippen molar-refractivity contribution in [3.63, 3.8) is 0 Å². The summed E-state index contributed by atoms with van der Waals surface area (Å²) in [5, 5.41) is 2.77. The van der Waals surface area contributed by atoms with Crippen LogP contribution in [-0.2, 0) is 20.8 Å². The zero-order valence-electron chi connectivity index (χ0n) is 12.0. The van der Waals surface area contributed by atoms with Gasteiger partial charge in [-0.05, 0) is 13.8 Å². The number of carbonyl (C=O) groups excluding carboxylic acids is 3. The Labute approximate surface area is 141 Å². The first-order valence-electron chi connectivity index (χ1n) is 6.50. The molecule has 0 saturated carbocycles. The molecule has 2 rings (SSSR count). The third-order valence-electron chi connectivity index (χ3n) is 2.80. The SMILES string of the molecule is CC(=O)Cc1nsc(NC(=O)CCN2C(=O)C(C)SC2=S)n1. The fourth-order valence-electron chi connectivity index (χ4n) is 1.77. The van der Waals surface area contributed by atoms with E-state index in [4.69, 9.17) is 12.2 Å². The van der Waals surface area contributed by atoms with E-state index in [-0.39, 0.29) is 42.2 Å². The van der Waals surface area contributed by atoms with Gasteiger partial charge in [0.05, 0.1) is 11.7 Å². The quantitative estimate of drug-likeness (QED) is 0.765. The van der Waals surface area contributed by atoms with E-state index in [1.807, 2.05) is 0 Å². The number of aromatic nitrogens is 2. The van der Waals surface area contributed by atoms with Crippen molar-refractivity contribution in [1.82, 2.24) is 14.3 Å². The van der Waals surface area contributed by atoms with Crippen LogP contribution in [0.4, 0.5) is 5.13 Å². The van der Waals surface area contributed by atoms with Crippen molar-refractivity contribution in [2.75, 3.05) is 11.9 Å². The second-order valence-corrected chi connectivity index (χ2v) is 7.44. The molecule has 0 aromatic carbocycles. The molecule has 2 heterocycles. The molecule has 1 aliphatic rings. The zero-order valence-corrected chi connectivity index (χ0v) is 14.4. The number of thiocarbonyl (C=S) groups is 1. The number of anilines is 1. The van der Waals surface area contributed by atoms with Crippen LogP contribution in [0.2, 0.25) is 0 Å². The molecule has 0 spiro atoms. The summed E-state index contributed by atoms with van der Waals surface area (Å²) in [7, 11) is 0. The predicted molar refractivity (Wildman–Crippen MR) is 88.9 cm³/mol. The van der Waals surface area contributed by atoms with Gasteiger partial charge in [0.15, 0.2) is 5.82 Å². The summed E-state index contributed by atoms with van der Waals surface area (Å²) in [6.07, 6.45) is 0.277. The Morgan fingerprint density at radius 3 is 2.77 bits per heavy atom. The van der Waals surface area contributed by atoms with E-state index in [2.05, 4.69) is 14.7 Å². The average molecular weight is 358 g/mol. The molecule has 10 heteroatoms. The highest BCUT2D eigenvalue weighted by Gasteiger charge is 2.33. The van der Waals surface area contributed by atoms with Crippen molar-refractivity contribution in [1.29, 1.82) is 0 Å². The molecule has 1 atom stereocenters. The number of thioether (sulfide) groups is 1. The standard InChI is InChI=1S/C12H14N4O3S3/c1-6(17)5-8-13-11(22-15-8)14-9(18)3-4-16-10(19)7(2)21-12(16)20/h7H,3-5H2,1-2H3,(H,13,14,15,18). The minimum atomic E-state index is -0.273. The molecule has 1 N–H and O–H groups in total. The number of rotatable bonds is 6. The lowest BCUT2D eigenvalue weighted by Gasteiger charge is -2.14. The average Bonchev–Trinajstić information content (AvgIpc) is 2.93. The highest BCUT2D eigenvalue weighted by molar-refractivity contribution is 8.24. The predicted octanol–water partition coefficient (Wildman–Crippen LogP) is 1.25. The molecule has 1 saturated heterocycles. The van der Waals surface area contributed by atoms with Gasteiger partial charge >= 0.3 is 0 Å². The van der Waals surface area contributed by atoms with Crippen LogP contribution in [0, 0.1) is 0 Å². The maximum Gasteiger partial charge on any atom is 0.241 e. The summed E-state index contributed by atoms with van der Waals surface area (Å²) in [4.78, 5) is 40.2. The molecule has 1 fully saturated rings. The van der Waals surface area contributed by atoms with Gasteiger partial charge in [-0.25, -0.2) is 4.98 Å². The van der Waals surface area contributed by atoms with Crippen LogP contribution in [0.1, 0.15) is 26.1 Å². The van der Waals surface area contributed by atoms with Gasteiger partial charge in [-0.2, -0.15) is 4.37 Å². The number of nitrogens with one attached hydrogen (secondary N) is 1. The van der Waals surface area contributed by atoms with Crippen LogP contribution in [0.15, 0.2) is 0 Å². The number of Topliss-reactive ketones (excluding diaryl/α,β-unsaturated/α-hetero) is 1. The van der Waals surface area contributed by atoms with Crippen LogP contribution in [0.25, 0.3) is 0 Å². The van der Waals surface area contributed by atoms with E-state index < -0.39 is 0 Å². The van der Waals surface area contributed by atoms with Crippen molar-refractivity contribution in [3.05, 3.63) is 5.82 Å². The van der Waals surface area contributed by atoms with Crippen molar-refractivity contribution >= 4 is 62.6 Å². The van der Waals surface area contributed by atoms with Gasteiger partial charge in [-0.1, -0.05) is 24.0 Å². The monoisotopic (exact) mass is 358 g/mol. The highest BCUT2D eigenvalue weighted by Crippen LogP contribution is 2.26. The molecule has 1 aliphatic heterocycles. The lowest BCUT2D eigenvalue weighted by atomic mass is 10.3. The molecule has 1 unspecified atom stereocenters. The van der Waals surface area contributed by atoms with Crippen molar-refractivity contribution in [2.45, 2.75) is 31.9 Å². The van der Waals surface area contributed by atoms with Gasteiger partial charge in [-0.3, -0.25) is 19.3 Å². The van der Waals surface area contributed by atoms with Crippen LogP contribution < -0.4 is 5.32 Å². The minimum absolute atomic E-state index is 0.0386. The highest BCUT2D eigenvalue weighted by atomic mass is 32.2. The maximum absolute atomic E-state index is 11.9. The van der Waals surface area contributed by atoms with E-state index >= 15 is 0 Å². The zero-order chi connectivity index (χ0) is 16.3. The largest absolute Gasteiger partial charge is 0.301 e. The maximum atomic E-state index is 11.9. The van der Waals surface area contributed by atoms with E-state index in [1.54, 1.807) is 6.92 Å². The molecule has 118 valence electrons. The molecule has 22 heavy (non-hydrogen) atoms. The van der Waals surface area contributed by atoms with Crippen molar-refractivity contribution in [2.24, 2.45) is 0 Å². The number of hydrogen-bond acceptors (Lipinski definition) is 8. The summed E-state index contributed by atoms with van der Waals surface area (Å²) in [5.74, 6) is 0.0189. The van der Waals surface area contributed by atoms with E-state index in [0.29, 0.717) is 15.3 Å². The Morgan fingerprint density at radius 1 is 1.45 bits per heavy atom. The molecule has 1 aromatic rings. The Balaban J connectivity index is 1.83. The Bertz CT molecular complexity index is 631. The number of carbonyl (C=O) groups is 3. The Hall–Kier alpha value is -1.39. The minimum Gasteiger partial charge on any atom is -0.301 e. The van der Waals surface area contributed by atoms with E-state index in [1.165, 1.54) is 23.6 Å². The summed E-state index contributed by atoms with van der Waals surface area (Å²) in [6.45, 7) is 3.49.